The zero-order chi connectivity index (χ0) is 14.4. The minimum atomic E-state index is -0.504. The number of nitrogens with two attached hydrogens (primary N) is 1. The molecule has 0 aliphatic rings. The normalized spacial score (nSPS) is 9.80. The topological polar surface area (TPSA) is 81.4 Å². The molecule has 20 heavy (non-hydrogen) atoms. The van der Waals surface area contributed by atoms with Crippen LogP contribution in [0.1, 0.15) is 10.4 Å². The van der Waals surface area contributed by atoms with Gasteiger partial charge in [-0.05, 0) is 36.4 Å². The molecular weight excluding hydrogens is 256 g/mol. The summed E-state index contributed by atoms with van der Waals surface area (Å²) in [5, 5.41) is 2.66. The van der Waals surface area contributed by atoms with Crippen molar-refractivity contribution in [3.8, 4) is 5.75 Å². The fraction of sp³-hybridized carbons (Fsp3) is 0.0667. The van der Waals surface area contributed by atoms with Crippen LogP contribution in [0.25, 0.3) is 0 Å². The van der Waals surface area contributed by atoms with Gasteiger partial charge in [-0.25, -0.2) is 0 Å². The van der Waals surface area contributed by atoms with E-state index in [0.29, 0.717) is 17.0 Å². The molecule has 0 spiro atoms. The van der Waals surface area contributed by atoms with Gasteiger partial charge in [0.25, 0.3) is 5.91 Å². The van der Waals surface area contributed by atoms with Crippen molar-refractivity contribution in [2.75, 3.05) is 11.9 Å². The van der Waals surface area contributed by atoms with E-state index in [9.17, 15) is 9.59 Å². The summed E-state index contributed by atoms with van der Waals surface area (Å²) in [4.78, 5) is 22.6. The summed E-state index contributed by atoms with van der Waals surface area (Å²) in [6.45, 7) is -0.0818. The van der Waals surface area contributed by atoms with Crippen LogP contribution in [-0.2, 0) is 4.79 Å². The van der Waals surface area contributed by atoms with Crippen LogP contribution < -0.4 is 15.8 Å². The van der Waals surface area contributed by atoms with Gasteiger partial charge in [0.1, 0.15) is 5.75 Å². The Morgan fingerprint density at radius 3 is 2.25 bits per heavy atom. The first-order valence-corrected chi connectivity index (χ1v) is 6.03. The third-order valence-electron chi connectivity index (χ3n) is 2.57. The summed E-state index contributed by atoms with van der Waals surface area (Å²) in [5.74, 6) is -0.150. The first kappa shape index (κ1) is 13.6. The number of hydrogen-bond donors (Lipinski definition) is 2. The Hall–Kier alpha value is -2.82. The number of benzene rings is 2. The fourth-order valence-electron chi connectivity index (χ4n) is 1.58. The number of primary amides is 1. The zero-order valence-electron chi connectivity index (χ0n) is 10.7. The number of nitrogens with one attached hydrogen (secondary N) is 1. The summed E-state index contributed by atoms with van der Waals surface area (Å²) in [6.07, 6.45) is 0. The number of ether oxygens (including phenoxy) is 1. The lowest BCUT2D eigenvalue weighted by atomic mass is 10.2. The van der Waals surface area contributed by atoms with Crippen LogP contribution in [0, 0.1) is 0 Å². The van der Waals surface area contributed by atoms with Crippen LogP contribution in [-0.4, -0.2) is 18.4 Å². The Balaban J connectivity index is 1.86. The van der Waals surface area contributed by atoms with E-state index in [1.807, 2.05) is 18.2 Å². The maximum atomic E-state index is 11.7. The number of carbonyl (C=O) groups is 2. The highest BCUT2D eigenvalue weighted by Gasteiger charge is 2.05. The predicted octanol–water partition coefficient (Wildman–Crippen LogP) is 1.80. The van der Waals surface area contributed by atoms with E-state index in [1.54, 1.807) is 36.4 Å². The van der Waals surface area contributed by atoms with E-state index in [-0.39, 0.29) is 12.5 Å². The van der Waals surface area contributed by atoms with Crippen molar-refractivity contribution in [3.05, 3.63) is 60.2 Å². The molecule has 0 saturated heterocycles. The van der Waals surface area contributed by atoms with Gasteiger partial charge in [-0.3, -0.25) is 9.59 Å². The van der Waals surface area contributed by atoms with E-state index in [0.717, 1.165) is 0 Å². The molecule has 3 N–H and O–H groups in total. The van der Waals surface area contributed by atoms with Gasteiger partial charge in [-0.15, -0.1) is 0 Å². The highest BCUT2D eigenvalue weighted by Crippen LogP contribution is 2.10. The highest BCUT2D eigenvalue weighted by atomic mass is 16.5. The number of anilines is 1. The minimum Gasteiger partial charge on any atom is -0.484 e. The lowest BCUT2D eigenvalue weighted by molar-refractivity contribution is -0.118. The average Bonchev–Trinajstić information content (AvgIpc) is 2.47. The SMILES string of the molecule is NC(=O)c1ccc(NC(=O)COc2ccccc2)cc1. The largest absolute Gasteiger partial charge is 0.484 e. The first-order valence-electron chi connectivity index (χ1n) is 6.03. The quantitative estimate of drug-likeness (QED) is 0.869. The minimum absolute atomic E-state index is 0.0818. The van der Waals surface area contributed by atoms with Crippen molar-refractivity contribution < 1.29 is 14.3 Å². The highest BCUT2D eigenvalue weighted by molar-refractivity contribution is 5.95. The van der Waals surface area contributed by atoms with Gasteiger partial charge in [0.05, 0.1) is 0 Å². The molecule has 0 aliphatic heterocycles. The molecule has 0 heterocycles. The Morgan fingerprint density at radius 1 is 1.00 bits per heavy atom. The summed E-state index contributed by atoms with van der Waals surface area (Å²) in [5.41, 5.74) is 6.10. The molecule has 5 heteroatoms. The van der Waals surface area contributed by atoms with Crippen molar-refractivity contribution in [2.24, 2.45) is 5.73 Å². The van der Waals surface area contributed by atoms with Gasteiger partial charge in [-0.2, -0.15) is 0 Å². The molecule has 0 bridgehead atoms. The van der Waals surface area contributed by atoms with Crippen LogP contribution in [0.15, 0.2) is 54.6 Å². The standard InChI is InChI=1S/C15H14N2O3/c16-15(19)11-6-8-12(9-7-11)17-14(18)10-20-13-4-2-1-3-5-13/h1-9H,10H2,(H2,16,19)(H,17,18). The summed E-state index contributed by atoms with van der Waals surface area (Å²) in [6, 6.07) is 15.4. The van der Waals surface area contributed by atoms with E-state index < -0.39 is 5.91 Å². The maximum absolute atomic E-state index is 11.7. The first-order chi connectivity index (χ1) is 9.65. The van der Waals surface area contributed by atoms with Crippen LogP contribution in [0.2, 0.25) is 0 Å². The lowest BCUT2D eigenvalue weighted by Gasteiger charge is -2.07. The molecule has 0 radical (unpaired) electrons. The van der Waals surface area contributed by atoms with Gasteiger partial charge < -0.3 is 15.8 Å². The molecule has 0 unspecified atom stereocenters. The lowest BCUT2D eigenvalue weighted by Crippen LogP contribution is -2.20. The monoisotopic (exact) mass is 270 g/mol. The Morgan fingerprint density at radius 2 is 1.65 bits per heavy atom. The van der Waals surface area contributed by atoms with Crippen molar-refractivity contribution >= 4 is 17.5 Å². The smallest absolute Gasteiger partial charge is 0.262 e. The maximum Gasteiger partial charge on any atom is 0.262 e. The van der Waals surface area contributed by atoms with Crippen molar-refractivity contribution in [1.29, 1.82) is 0 Å². The van der Waals surface area contributed by atoms with Gasteiger partial charge >= 0.3 is 0 Å². The molecule has 0 aromatic heterocycles. The number of rotatable bonds is 5. The van der Waals surface area contributed by atoms with Crippen molar-refractivity contribution in [3.63, 3.8) is 0 Å². The third-order valence-corrected chi connectivity index (χ3v) is 2.57. The van der Waals surface area contributed by atoms with Crippen LogP contribution >= 0.6 is 0 Å². The molecule has 2 amide bonds. The Bertz CT molecular complexity index is 594. The van der Waals surface area contributed by atoms with Gasteiger partial charge in [0, 0.05) is 11.3 Å². The number of hydrogen-bond acceptors (Lipinski definition) is 3. The molecule has 2 rings (SSSR count). The molecule has 0 aliphatic carbocycles. The fourth-order valence-corrected chi connectivity index (χ4v) is 1.58. The predicted molar refractivity (Wildman–Crippen MR) is 75.5 cm³/mol. The number of carbonyl (C=O) groups excluding carboxylic acids is 2. The van der Waals surface area contributed by atoms with Gasteiger partial charge in [0.2, 0.25) is 5.91 Å². The van der Waals surface area contributed by atoms with Crippen LogP contribution in [0.3, 0.4) is 0 Å². The summed E-state index contributed by atoms with van der Waals surface area (Å²) in [7, 11) is 0. The molecular formula is C15H14N2O3. The van der Waals surface area contributed by atoms with E-state index >= 15 is 0 Å². The second-order valence-corrected chi connectivity index (χ2v) is 4.09. The van der Waals surface area contributed by atoms with Gasteiger partial charge in [0.15, 0.2) is 6.61 Å². The third kappa shape index (κ3) is 3.84. The van der Waals surface area contributed by atoms with Crippen LogP contribution in [0.5, 0.6) is 5.75 Å². The molecule has 102 valence electrons. The average molecular weight is 270 g/mol. The number of amides is 2. The van der Waals surface area contributed by atoms with Crippen LogP contribution in [0.4, 0.5) is 5.69 Å². The second-order valence-electron chi connectivity index (χ2n) is 4.09. The molecule has 2 aromatic carbocycles. The summed E-state index contributed by atoms with van der Waals surface area (Å²) < 4.78 is 5.32. The second kappa shape index (κ2) is 6.38. The van der Waals surface area contributed by atoms with Crippen molar-refractivity contribution in [1.82, 2.24) is 0 Å². The molecule has 2 aromatic rings. The summed E-state index contributed by atoms with van der Waals surface area (Å²) >= 11 is 0. The van der Waals surface area contributed by atoms with E-state index in [1.165, 1.54) is 0 Å². The van der Waals surface area contributed by atoms with E-state index in [2.05, 4.69) is 5.32 Å². The van der Waals surface area contributed by atoms with Crippen molar-refractivity contribution in [2.45, 2.75) is 0 Å². The number of para-hydroxylation sites is 1. The van der Waals surface area contributed by atoms with E-state index in [4.69, 9.17) is 10.5 Å². The Kier molecular flexibility index (Phi) is 4.34. The zero-order valence-corrected chi connectivity index (χ0v) is 10.7. The molecule has 0 atom stereocenters. The Labute approximate surface area is 116 Å². The molecule has 5 nitrogen and oxygen atoms in total. The van der Waals surface area contributed by atoms with Gasteiger partial charge in [-0.1, -0.05) is 18.2 Å². The molecule has 0 fully saturated rings. The molecule has 0 saturated carbocycles.